The van der Waals surface area contributed by atoms with Gasteiger partial charge in [-0.1, -0.05) is 53.2 Å². The number of hydrogen-bond donors (Lipinski definition) is 0. The average Bonchev–Trinajstić information content (AvgIpc) is 2.84. The van der Waals surface area contributed by atoms with E-state index in [2.05, 4.69) is 40.8 Å². The maximum atomic E-state index is 6.29. The number of halogens is 2. The molecule has 3 rings (SSSR count). The van der Waals surface area contributed by atoms with E-state index in [9.17, 15) is 0 Å². The summed E-state index contributed by atoms with van der Waals surface area (Å²) in [5.74, 6) is 0.719. The molecule has 3 aromatic rings. The largest absolute Gasteiger partial charge is 0.339 e. The van der Waals surface area contributed by atoms with E-state index in [1.54, 1.807) is 17.8 Å². The van der Waals surface area contributed by atoms with Crippen molar-refractivity contribution in [3.05, 3.63) is 63.4 Å². The Balaban J connectivity index is 1.99. The molecule has 0 saturated heterocycles. The maximum absolute atomic E-state index is 6.29. The molecule has 0 aliphatic rings. The Morgan fingerprint density at radius 3 is 2.76 bits per heavy atom. The van der Waals surface area contributed by atoms with Gasteiger partial charge in [0.1, 0.15) is 5.03 Å². The topological polar surface area (TPSA) is 30.7 Å². The monoisotopic (exact) mass is 391 g/mol. The van der Waals surface area contributed by atoms with Crippen LogP contribution in [0.15, 0.2) is 41.6 Å². The number of aryl methyl sites for hydroxylation is 1. The summed E-state index contributed by atoms with van der Waals surface area (Å²) < 4.78 is 2.30. The van der Waals surface area contributed by atoms with Crippen LogP contribution in [0.5, 0.6) is 0 Å². The van der Waals surface area contributed by atoms with Gasteiger partial charge in [0.05, 0.1) is 11.7 Å². The van der Waals surface area contributed by atoms with Crippen molar-refractivity contribution < 1.29 is 0 Å². The first-order valence-corrected chi connectivity index (χ1v) is 9.76. The molecule has 3 nitrogen and oxygen atoms in total. The molecule has 0 fully saturated rings. The van der Waals surface area contributed by atoms with E-state index >= 15 is 0 Å². The lowest BCUT2D eigenvalue weighted by atomic mass is 10.2. The molecular formula is C19H19Cl2N3S. The summed E-state index contributed by atoms with van der Waals surface area (Å²) in [5.41, 5.74) is 4.67. The first kappa shape index (κ1) is 18.3. The average molecular weight is 392 g/mol. The molecule has 0 amide bonds. The Labute approximate surface area is 162 Å². The van der Waals surface area contributed by atoms with Crippen molar-refractivity contribution in [2.75, 3.05) is 0 Å². The van der Waals surface area contributed by atoms with Gasteiger partial charge in [-0.15, -0.1) is 5.10 Å². The van der Waals surface area contributed by atoms with Crippen LogP contribution in [0.3, 0.4) is 0 Å². The van der Waals surface area contributed by atoms with Gasteiger partial charge in [-0.25, -0.2) is 0 Å². The summed E-state index contributed by atoms with van der Waals surface area (Å²) in [6.07, 6.45) is 6.06. The van der Waals surface area contributed by atoms with Gasteiger partial charge in [-0.05, 0) is 44.0 Å². The zero-order chi connectivity index (χ0) is 18.0. The molecule has 0 radical (unpaired) electrons. The minimum absolute atomic E-state index is 0.645. The van der Waals surface area contributed by atoms with Crippen LogP contribution in [-0.2, 0) is 12.3 Å². The predicted molar refractivity (Wildman–Crippen MR) is 108 cm³/mol. The van der Waals surface area contributed by atoms with Gasteiger partial charge < -0.3 is 4.57 Å². The van der Waals surface area contributed by atoms with Crippen LogP contribution in [-0.4, -0.2) is 14.8 Å². The highest BCUT2D eigenvalue weighted by atomic mass is 35.5. The molecular weight excluding hydrogens is 373 g/mol. The third-order valence-electron chi connectivity index (χ3n) is 4.32. The molecule has 0 aliphatic heterocycles. The van der Waals surface area contributed by atoms with Crippen LogP contribution in [0, 0.1) is 13.8 Å². The smallest absolute Gasteiger partial charge is 0.143 e. The fourth-order valence-electron chi connectivity index (χ4n) is 2.78. The van der Waals surface area contributed by atoms with E-state index in [0.29, 0.717) is 10.0 Å². The first-order chi connectivity index (χ1) is 12.0. The molecule has 0 bridgehead atoms. The molecule has 0 saturated carbocycles. The van der Waals surface area contributed by atoms with Gasteiger partial charge in [0, 0.05) is 33.4 Å². The molecule has 0 N–H and O–H groups in total. The number of rotatable bonds is 5. The number of thioether (sulfide) groups is 1. The summed E-state index contributed by atoms with van der Waals surface area (Å²) in [7, 11) is 0. The standard InChI is InChI=1S/C19H19Cl2N3S/c1-4-5-8-24-13(3)12(2)16-10-22-23-19(18(16)24)25-11-14-6-7-15(20)9-17(14)21/h4-7,9-10H,8,11H2,1-3H3/b5-4+. The van der Waals surface area contributed by atoms with Gasteiger partial charge in [-0.3, -0.25) is 0 Å². The highest BCUT2D eigenvalue weighted by Gasteiger charge is 2.16. The summed E-state index contributed by atoms with van der Waals surface area (Å²) in [4.78, 5) is 0. The van der Waals surface area contributed by atoms with Gasteiger partial charge >= 0.3 is 0 Å². The van der Waals surface area contributed by atoms with Crippen molar-refractivity contribution in [3.63, 3.8) is 0 Å². The second-order valence-electron chi connectivity index (χ2n) is 5.83. The number of nitrogens with zero attached hydrogens (tertiary/aromatic N) is 3. The Kier molecular flexibility index (Phi) is 5.72. The predicted octanol–water partition coefficient (Wildman–Crippen LogP) is 6.22. The Morgan fingerprint density at radius 2 is 2.04 bits per heavy atom. The van der Waals surface area contributed by atoms with E-state index in [0.717, 1.165) is 33.8 Å². The van der Waals surface area contributed by atoms with Crippen LogP contribution >= 0.6 is 35.0 Å². The number of benzene rings is 1. The molecule has 1 aromatic carbocycles. The number of fused-ring (bicyclic) bond motifs is 1. The van der Waals surface area contributed by atoms with Gasteiger partial charge in [0.2, 0.25) is 0 Å². The van der Waals surface area contributed by atoms with Crippen molar-refractivity contribution in [2.24, 2.45) is 0 Å². The summed E-state index contributed by atoms with van der Waals surface area (Å²) in [5, 5.41) is 12.0. The molecule has 130 valence electrons. The maximum Gasteiger partial charge on any atom is 0.143 e. The number of hydrogen-bond acceptors (Lipinski definition) is 3. The third kappa shape index (κ3) is 3.71. The van der Waals surface area contributed by atoms with Crippen molar-refractivity contribution in [2.45, 2.75) is 38.1 Å². The minimum atomic E-state index is 0.645. The van der Waals surface area contributed by atoms with E-state index in [4.69, 9.17) is 23.2 Å². The second-order valence-corrected chi connectivity index (χ2v) is 7.63. The molecule has 0 spiro atoms. The lowest BCUT2D eigenvalue weighted by Crippen LogP contribution is -2.00. The van der Waals surface area contributed by atoms with Crippen molar-refractivity contribution in [3.8, 4) is 0 Å². The third-order valence-corrected chi connectivity index (χ3v) is 5.91. The normalized spacial score (nSPS) is 11.7. The molecule has 2 heterocycles. The molecule has 0 unspecified atom stereocenters. The fourth-order valence-corrected chi connectivity index (χ4v) is 4.34. The van der Waals surface area contributed by atoms with Gasteiger partial charge in [0.15, 0.2) is 0 Å². The summed E-state index contributed by atoms with van der Waals surface area (Å²) >= 11 is 13.9. The lowest BCUT2D eigenvalue weighted by molar-refractivity contribution is 0.803. The van der Waals surface area contributed by atoms with E-state index in [1.807, 2.05) is 25.3 Å². The SMILES string of the molecule is C/C=C/Cn1c(C)c(C)c2cnnc(SCc3ccc(Cl)cc3Cl)c21. The number of aromatic nitrogens is 3. The van der Waals surface area contributed by atoms with Gasteiger partial charge in [0.25, 0.3) is 0 Å². The molecule has 2 aromatic heterocycles. The van der Waals surface area contributed by atoms with Crippen molar-refractivity contribution in [1.82, 2.24) is 14.8 Å². The van der Waals surface area contributed by atoms with Gasteiger partial charge in [-0.2, -0.15) is 5.10 Å². The Bertz CT molecular complexity index is 947. The van der Waals surface area contributed by atoms with Crippen LogP contribution in [0.1, 0.15) is 23.7 Å². The van der Waals surface area contributed by atoms with Crippen LogP contribution in [0.2, 0.25) is 10.0 Å². The van der Waals surface area contributed by atoms with Crippen LogP contribution in [0.4, 0.5) is 0 Å². The zero-order valence-electron chi connectivity index (χ0n) is 14.4. The quantitative estimate of drug-likeness (QED) is 0.381. The minimum Gasteiger partial charge on any atom is -0.339 e. The van der Waals surface area contributed by atoms with Crippen molar-refractivity contribution in [1.29, 1.82) is 0 Å². The van der Waals surface area contributed by atoms with Crippen LogP contribution < -0.4 is 0 Å². The lowest BCUT2D eigenvalue weighted by Gasteiger charge is -2.09. The molecule has 0 aliphatic carbocycles. The Morgan fingerprint density at radius 1 is 1.24 bits per heavy atom. The highest BCUT2D eigenvalue weighted by molar-refractivity contribution is 7.98. The van der Waals surface area contributed by atoms with Crippen molar-refractivity contribution >= 4 is 45.9 Å². The fraction of sp³-hybridized carbons (Fsp3) is 0.263. The summed E-state index contributed by atoms with van der Waals surface area (Å²) in [6, 6.07) is 5.59. The van der Waals surface area contributed by atoms with E-state index in [-0.39, 0.29) is 0 Å². The second kappa shape index (κ2) is 7.81. The number of allylic oxidation sites excluding steroid dienone is 2. The zero-order valence-corrected chi connectivity index (χ0v) is 16.7. The molecule has 6 heteroatoms. The summed E-state index contributed by atoms with van der Waals surface area (Å²) in [6.45, 7) is 7.14. The molecule has 0 atom stereocenters. The van der Waals surface area contributed by atoms with E-state index in [1.165, 1.54) is 11.3 Å². The van der Waals surface area contributed by atoms with E-state index < -0.39 is 0 Å². The first-order valence-electron chi connectivity index (χ1n) is 8.02. The Hall–Kier alpha value is -1.49. The molecule has 25 heavy (non-hydrogen) atoms. The highest BCUT2D eigenvalue weighted by Crippen LogP contribution is 2.34. The van der Waals surface area contributed by atoms with Crippen LogP contribution in [0.25, 0.3) is 10.9 Å².